The highest BCUT2D eigenvalue weighted by Gasteiger charge is 2.15. The van der Waals surface area contributed by atoms with Crippen LogP contribution in [0.25, 0.3) is 0 Å². The maximum absolute atomic E-state index is 12.6. The fraction of sp³-hybridized carbons (Fsp3) is 0. The molecule has 2 aromatic rings. The molecule has 1 aromatic carbocycles. The van der Waals surface area contributed by atoms with Crippen molar-refractivity contribution in [3.05, 3.63) is 41.7 Å². The van der Waals surface area contributed by atoms with Crippen LogP contribution in [0, 0.1) is 5.95 Å². The number of aromatic nitrogens is 1. The highest BCUT2D eigenvalue weighted by atomic mass is 32.2. The number of rotatable bonds is 3. The summed E-state index contributed by atoms with van der Waals surface area (Å²) < 4.78 is 38.3. The van der Waals surface area contributed by atoms with Gasteiger partial charge in [-0.15, -0.1) is 11.3 Å². The summed E-state index contributed by atoms with van der Waals surface area (Å²) in [6, 6.07) is 7.83. The lowest BCUT2D eigenvalue weighted by molar-refractivity contribution is 0.592. The van der Waals surface area contributed by atoms with Crippen LogP contribution in [0.5, 0.6) is 0 Å². The number of benzene rings is 1. The summed E-state index contributed by atoms with van der Waals surface area (Å²) in [5.41, 5.74) is 0. The predicted octanol–water partition coefficient (Wildman–Crippen LogP) is 2.08. The Hall–Kier alpha value is -1.47. The van der Waals surface area contributed by atoms with Gasteiger partial charge in [0.05, 0.1) is 4.90 Å². The van der Waals surface area contributed by atoms with E-state index in [0.29, 0.717) is 0 Å². The number of hydrogen-bond acceptors (Lipinski definition) is 4. The molecule has 0 saturated carbocycles. The maximum atomic E-state index is 12.6. The third-order valence-electron chi connectivity index (χ3n) is 1.75. The van der Waals surface area contributed by atoms with Gasteiger partial charge >= 0.3 is 0 Å². The largest absolute Gasteiger partial charge is 0.263 e. The molecule has 0 amide bonds. The summed E-state index contributed by atoms with van der Waals surface area (Å²) in [5.74, 6) is -0.698. The van der Waals surface area contributed by atoms with E-state index in [1.54, 1.807) is 18.2 Å². The monoisotopic (exact) mass is 258 g/mol. The molecule has 16 heavy (non-hydrogen) atoms. The molecule has 2 rings (SSSR count). The third kappa shape index (κ3) is 2.37. The van der Waals surface area contributed by atoms with Crippen LogP contribution in [0.2, 0.25) is 0 Å². The summed E-state index contributed by atoms with van der Waals surface area (Å²) in [4.78, 5) is 3.50. The molecule has 0 saturated heterocycles. The van der Waals surface area contributed by atoms with Gasteiger partial charge in [0.15, 0.2) is 5.13 Å². The Morgan fingerprint density at radius 1 is 1.25 bits per heavy atom. The Bertz CT molecular complexity index is 581. The molecule has 0 aliphatic heterocycles. The summed E-state index contributed by atoms with van der Waals surface area (Å²) in [6.45, 7) is 0. The predicted molar refractivity (Wildman–Crippen MR) is 59.3 cm³/mol. The minimum Gasteiger partial charge on any atom is -0.255 e. The van der Waals surface area contributed by atoms with Gasteiger partial charge < -0.3 is 0 Å². The Morgan fingerprint density at radius 2 is 1.94 bits per heavy atom. The number of sulfonamides is 1. The molecule has 0 atom stereocenters. The van der Waals surface area contributed by atoms with Gasteiger partial charge in [0.25, 0.3) is 10.0 Å². The van der Waals surface area contributed by atoms with E-state index in [2.05, 4.69) is 9.71 Å². The summed E-state index contributed by atoms with van der Waals surface area (Å²) in [6.07, 6.45) is 0. The van der Waals surface area contributed by atoms with Gasteiger partial charge in [-0.3, -0.25) is 4.72 Å². The Labute approximate surface area is 95.8 Å². The smallest absolute Gasteiger partial charge is 0.255 e. The van der Waals surface area contributed by atoms with Gasteiger partial charge in [-0.2, -0.15) is 9.37 Å². The van der Waals surface area contributed by atoms with Crippen molar-refractivity contribution in [3.63, 3.8) is 0 Å². The SMILES string of the molecule is O=S(=O)(Nc1nc(F)cs1)c1ccccc1. The van der Waals surface area contributed by atoms with E-state index in [-0.39, 0.29) is 10.0 Å². The molecule has 0 aliphatic rings. The van der Waals surface area contributed by atoms with Crippen LogP contribution in [-0.2, 0) is 10.0 Å². The number of thiazole rings is 1. The van der Waals surface area contributed by atoms with Gasteiger partial charge in [0.1, 0.15) is 0 Å². The second-order valence-electron chi connectivity index (χ2n) is 2.89. The van der Waals surface area contributed by atoms with Crippen LogP contribution >= 0.6 is 11.3 Å². The molecule has 0 bridgehead atoms. The minimum atomic E-state index is -3.67. The zero-order valence-electron chi connectivity index (χ0n) is 7.92. The number of anilines is 1. The van der Waals surface area contributed by atoms with E-state index in [9.17, 15) is 12.8 Å². The summed E-state index contributed by atoms with van der Waals surface area (Å²) >= 11 is 0.895. The molecule has 0 unspecified atom stereocenters. The highest BCUT2D eigenvalue weighted by Crippen LogP contribution is 2.18. The first-order valence-electron chi connectivity index (χ1n) is 4.27. The number of nitrogens with one attached hydrogen (secondary N) is 1. The fourth-order valence-electron chi connectivity index (χ4n) is 1.07. The third-order valence-corrected chi connectivity index (χ3v) is 3.96. The first-order valence-corrected chi connectivity index (χ1v) is 6.63. The van der Waals surface area contributed by atoms with Crippen molar-refractivity contribution in [2.75, 3.05) is 4.72 Å². The van der Waals surface area contributed by atoms with Gasteiger partial charge in [0.2, 0.25) is 5.95 Å². The Balaban J connectivity index is 2.28. The molecule has 84 valence electrons. The van der Waals surface area contributed by atoms with E-state index in [4.69, 9.17) is 0 Å². The first kappa shape index (κ1) is 11.0. The lowest BCUT2D eigenvalue weighted by Crippen LogP contribution is -2.12. The Kier molecular flexibility index (Phi) is 2.88. The highest BCUT2D eigenvalue weighted by molar-refractivity contribution is 7.93. The van der Waals surface area contributed by atoms with Gasteiger partial charge in [0, 0.05) is 5.38 Å². The molecule has 1 aromatic heterocycles. The second-order valence-corrected chi connectivity index (χ2v) is 5.43. The second kappa shape index (κ2) is 4.18. The molecular formula is C9H7FN2O2S2. The van der Waals surface area contributed by atoms with Gasteiger partial charge in [-0.25, -0.2) is 8.42 Å². The van der Waals surface area contributed by atoms with Crippen molar-refractivity contribution in [3.8, 4) is 0 Å². The number of halogens is 1. The molecule has 0 radical (unpaired) electrons. The lowest BCUT2D eigenvalue weighted by atomic mass is 10.4. The molecule has 1 N–H and O–H groups in total. The van der Waals surface area contributed by atoms with Crippen LogP contribution in [0.4, 0.5) is 9.52 Å². The van der Waals surface area contributed by atoms with E-state index in [1.807, 2.05) is 0 Å². The topological polar surface area (TPSA) is 59.1 Å². The zero-order chi connectivity index (χ0) is 11.6. The molecule has 0 spiro atoms. The van der Waals surface area contributed by atoms with Crippen molar-refractivity contribution in [2.45, 2.75) is 4.90 Å². The van der Waals surface area contributed by atoms with Crippen LogP contribution in [0.15, 0.2) is 40.6 Å². The quantitative estimate of drug-likeness (QED) is 0.917. The van der Waals surface area contributed by atoms with Crippen molar-refractivity contribution >= 4 is 26.5 Å². The summed E-state index contributed by atoms with van der Waals surface area (Å²) in [7, 11) is -3.67. The van der Waals surface area contributed by atoms with Gasteiger partial charge in [-0.1, -0.05) is 18.2 Å². The van der Waals surface area contributed by atoms with E-state index in [0.717, 1.165) is 16.7 Å². The van der Waals surface area contributed by atoms with E-state index >= 15 is 0 Å². The van der Waals surface area contributed by atoms with E-state index in [1.165, 1.54) is 12.1 Å². The zero-order valence-corrected chi connectivity index (χ0v) is 9.56. The number of nitrogens with zero attached hydrogens (tertiary/aromatic N) is 1. The molecular weight excluding hydrogens is 251 g/mol. The maximum Gasteiger partial charge on any atom is 0.263 e. The van der Waals surface area contributed by atoms with Crippen LogP contribution < -0.4 is 4.72 Å². The molecule has 1 heterocycles. The van der Waals surface area contributed by atoms with Crippen molar-refractivity contribution in [1.82, 2.24) is 4.98 Å². The van der Waals surface area contributed by atoms with Crippen molar-refractivity contribution in [2.24, 2.45) is 0 Å². The van der Waals surface area contributed by atoms with Gasteiger partial charge in [-0.05, 0) is 12.1 Å². The Morgan fingerprint density at radius 3 is 2.50 bits per heavy atom. The summed E-state index contributed by atoms with van der Waals surface area (Å²) in [5, 5.41) is 1.14. The molecule has 4 nitrogen and oxygen atoms in total. The van der Waals surface area contributed by atoms with Crippen LogP contribution in [-0.4, -0.2) is 13.4 Å². The number of hydrogen-bond donors (Lipinski definition) is 1. The average molecular weight is 258 g/mol. The molecule has 0 fully saturated rings. The van der Waals surface area contributed by atoms with Crippen molar-refractivity contribution < 1.29 is 12.8 Å². The molecule has 0 aliphatic carbocycles. The normalized spacial score (nSPS) is 11.3. The first-order chi connectivity index (χ1) is 7.58. The van der Waals surface area contributed by atoms with Crippen LogP contribution in [0.3, 0.4) is 0 Å². The average Bonchev–Trinajstić information content (AvgIpc) is 2.64. The van der Waals surface area contributed by atoms with E-state index < -0.39 is 16.0 Å². The minimum absolute atomic E-state index is 0.0151. The van der Waals surface area contributed by atoms with Crippen LogP contribution in [0.1, 0.15) is 0 Å². The lowest BCUT2D eigenvalue weighted by Gasteiger charge is -2.03. The fourth-order valence-corrected chi connectivity index (χ4v) is 2.91. The molecule has 7 heteroatoms. The van der Waals surface area contributed by atoms with Crippen molar-refractivity contribution in [1.29, 1.82) is 0 Å². The standard InChI is InChI=1S/C9H7FN2O2S2/c10-8-6-15-9(11-8)12-16(13,14)7-4-2-1-3-5-7/h1-6H,(H,11,12).